The zero-order valence-corrected chi connectivity index (χ0v) is 16.7. The lowest BCUT2D eigenvalue weighted by Gasteiger charge is -2.35. The summed E-state index contributed by atoms with van der Waals surface area (Å²) in [6.45, 7) is 3.18. The topological polar surface area (TPSA) is 58.4 Å². The highest BCUT2D eigenvalue weighted by atomic mass is 127. The fourth-order valence-electron chi connectivity index (χ4n) is 3.66. The molecule has 1 aromatic carbocycles. The molecule has 1 fully saturated rings. The second-order valence-corrected chi connectivity index (χ2v) is 8.02. The molecule has 0 N–H and O–H groups in total. The van der Waals surface area contributed by atoms with Gasteiger partial charge in [0.1, 0.15) is 0 Å². The molecule has 2 aromatic rings. The normalized spacial score (nSPS) is 17.1. The van der Waals surface area contributed by atoms with Crippen LogP contribution in [0.4, 0.5) is 0 Å². The average Bonchev–Trinajstić information content (AvgIpc) is 3.12. The molecule has 0 bridgehead atoms. The number of fused-ring (bicyclic) bond motifs is 1. The van der Waals surface area contributed by atoms with E-state index in [9.17, 15) is 9.59 Å². The van der Waals surface area contributed by atoms with Gasteiger partial charge in [0.05, 0.1) is 17.5 Å². The highest BCUT2D eigenvalue weighted by molar-refractivity contribution is 14.1. The van der Waals surface area contributed by atoms with Gasteiger partial charge in [-0.25, -0.2) is 0 Å². The van der Waals surface area contributed by atoms with E-state index in [1.165, 1.54) is 0 Å². The van der Waals surface area contributed by atoms with E-state index in [0.717, 1.165) is 40.6 Å². The van der Waals surface area contributed by atoms with Crippen LogP contribution in [0, 0.1) is 3.57 Å². The van der Waals surface area contributed by atoms with Crippen LogP contribution in [0.15, 0.2) is 30.5 Å². The van der Waals surface area contributed by atoms with Crippen LogP contribution in [0.1, 0.15) is 39.3 Å². The Balaban J connectivity index is 1.40. The molecule has 2 amide bonds. The fraction of sp³-hybridized carbons (Fsp3) is 0.421. The molecule has 1 saturated heterocycles. The van der Waals surface area contributed by atoms with E-state index in [1.54, 1.807) is 6.20 Å². The molecule has 0 radical (unpaired) electrons. The largest absolute Gasteiger partial charge is 0.335 e. The Hall–Kier alpha value is -1.90. The summed E-state index contributed by atoms with van der Waals surface area (Å²) in [6.07, 6.45) is 4.88. The third-order valence-electron chi connectivity index (χ3n) is 5.16. The summed E-state index contributed by atoms with van der Waals surface area (Å²) in [4.78, 5) is 29.2. The number of hydrogen-bond acceptors (Lipinski definition) is 3. The van der Waals surface area contributed by atoms with Crippen molar-refractivity contribution in [3.63, 3.8) is 0 Å². The smallest absolute Gasteiger partial charge is 0.257 e. The van der Waals surface area contributed by atoms with Crippen LogP contribution in [-0.4, -0.2) is 57.6 Å². The van der Waals surface area contributed by atoms with Crippen LogP contribution >= 0.6 is 22.6 Å². The van der Waals surface area contributed by atoms with Crippen molar-refractivity contribution < 1.29 is 9.59 Å². The number of benzene rings is 1. The van der Waals surface area contributed by atoms with Crippen LogP contribution in [0.2, 0.25) is 0 Å². The van der Waals surface area contributed by atoms with Crippen LogP contribution in [0.25, 0.3) is 0 Å². The molecular weight excluding hydrogens is 443 g/mol. The van der Waals surface area contributed by atoms with Crippen molar-refractivity contribution in [2.75, 3.05) is 26.2 Å². The lowest BCUT2D eigenvalue weighted by atomic mass is 10.1. The first-order valence-electron chi connectivity index (χ1n) is 9.02. The summed E-state index contributed by atoms with van der Waals surface area (Å²) in [5.74, 6) is 0.0888. The first-order valence-corrected chi connectivity index (χ1v) is 10.1. The number of hydrogen-bond donors (Lipinski definition) is 0. The zero-order chi connectivity index (χ0) is 18.1. The van der Waals surface area contributed by atoms with Crippen molar-refractivity contribution in [3.05, 3.63) is 50.9 Å². The molecule has 7 heteroatoms. The Labute approximate surface area is 166 Å². The summed E-state index contributed by atoms with van der Waals surface area (Å²) in [6, 6.07) is 7.61. The number of rotatable bonds is 2. The lowest BCUT2D eigenvalue weighted by molar-refractivity contribution is 0.0534. The van der Waals surface area contributed by atoms with Crippen molar-refractivity contribution >= 4 is 34.4 Å². The fourth-order valence-corrected chi connectivity index (χ4v) is 4.02. The van der Waals surface area contributed by atoms with E-state index in [4.69, 9.17) is 0 Å². The van der Waals surface area contributed by atoms with Gasteiger partial charge in [0.2, 0.25) is 0 Å². The molecule has 4 rings (SSSR count). The molecule has 2 aliphatic rings. The number of halogens is 1. The summed E-state index contributed by atoms with van der Waals surface area (Å²) < 4.78 is 3.08. The Morgan fingerprint density at radius 1 is 0.885 bits per heavy atom. The van der Waals surface area contributed by atoms with E-state index in [-0.39, 0.29) is 11.8 Å². The van der Waals surface area contributed by atoms with Crippen molar-refractivity contribution in [1.29, 1.82) is 0 Å². The average molecular weight is 464 g/mol. The maximum absolute atomic E-state index is 12.9. The number of carbonyl (C=O) groups excluding carboxylic acids is 2. The molecule has 26 heavy (non-hydrogen) atoms. The summed E-state index contributed by atoms with van der Waals surface area (Å²) in [5.41, 5.74) is 2.51. The van der Waals surface area contributed by atoms with Crippen molar-refractivity contribution in [3.8, 4) is 0 Å². The van der Waals surface area contributed by atoms with Gasteiger partial charge in [0.25, 0.3) is 11.8 Å². The van der Waals surface area contributed by atoms with Gasteiger partial charge in [-0.3, -0.25) is 14.3 Å². The minimum absolute atomic E-state index is 0.0383. The van der Waals surface area contributed by atoms with Crippen LogP contribution in [0.3, 0.4) is 0 Å². The van der Waals surface area contributed by atoms with E-state index >= 15 is 0 Å². The Morgan fingerprint density at radius 3 is 2.23 bits per heavy atom. The van der Waals surface area contributed by atoms with Crippen LogP contribution < -0.4 is 0 Å². The molecule has 1 aromatic heterocycles. The number of aromatic nitrogens is 2. The first kappa shape index (κ1) is 17.5. The third kappa shape index (κ3) is 3.36. The van der Waals surface area contributed by atoms with Crippen molar-refractivity contribution in [2.45, 2.75) is 25.8 Å². The third-order valence-corrected chi connectivity index (χ3v) is 5.88. The number of amides is 2. The standard InChI is InChI=1S/C19H21IN4O2/c20-15-6-4-14(5-7-15)18(25)22-9-11-23(12-10-22)19(26)16-13-21-24-8-2-1-3-17(16)24/h4-7,13H,1-3,8-12H2. The van der Waals surface area contributed by atoms with Crippen LogP contribution in [0.5, 0.6) is 0 Å². The molecule has 6 nitrogen and oxygen atoms in total. The first-order chi connectivity index (χ1) is 12.6. The maximum atomic E-state index is 12.9. The lowest BCUT2D eigenvalue weighted by Crippen LogP contribution is -2.50. The van der Waals surface area contributed by atoms with Gasteiger partial charge in [-0.15, -0.1) is 0 Å². The molecule has 0 spiro atoms. The van der Waals surface area contributed by atoms with Crippen molar-refractivity contribution in [1.82, 2.24) is 19.6 Å². The quantitative estimate of drug-likeness (QED) is 0.642. The van der Waals surface area contributed by atoms with Gasteiger partial charge in [-0.05, 0) is 66.1 Å². The highest BCUT2D eigenvalue weighted by Crippen LogP contribution is 2.20. The van der Waals surface area contributed by atoms with Gasteiger partial charge < -0.3 is 9.80 Å². The van der Waals surface area contributed by atoms with E-state index in [0.29, 0.717) is 31.7 Å². The monoisotopic (exact) mass is 464 g/mol. The molecule has 0 saturated carbocycles. The second-order valence-electron chi connectivity index (χ2n) is 6.78. The maximum Gasteiger partial charge on any atom is 0.257 e. The summed E-state index contributed by atoms with van der Waals surface area (Å²) in [7, 11) is 0. The predicted octanol–water partition coefficient (Wildman–Crippen LogP) is 2.42. The molecule has 2 aliphatic heterocycles. The number of piperazine rings is 1. The minimum atomic E-state index is 0.0383. The molecule has 0 atom stereocenters. The molecule has 0 aliphatic carbocycles. The van der Waals surface area contributed by atoms with Crippen LogP contribution in [-0.2, 0) is 13.0 Å². The molecule has 0 unspecified atom stereocenters. The molecule has 136 valence electrons. The summed E-state index contributed by atoms with van der Waals surface area (Å²) >= 11 is 2.23. The predicted molar refractivity (Wildman–Crippen MR) is 106 cm³/mol. The molecule has 3 heterocycles. The molecular formula is C19H21IN4O2. The summed E-state index contributed by atoms with van der Waals surface area (Å²) in [5, 5.41) is 4.37. The SMILES string of the molecule is O=C(c1ccc(I)cc1)N1CCN(C(=O)c2cnn3c2CCCC3)CC1. The van der Waals surface area contributed by atoms with Gasteiger partial charge in [0, 0.05) is 41.9 Å². The Bertz CT molecular complexity index is 823. The van der Waals surface area contributed by atoms with Crippen molar-refractivity contribution in [2.24, 2.45) is 0 Å². The minimum Gasteiger partial charge on any atom is -0.335 e. The van der Waals surface area contributed by atoms with E-state index < -0.39 is 0 Å². The zero-order valence-electron chi connectivity index (χ0n) is 14.5. The highest BCUT2D eigenvalue weighted by Gasteiger charge is 2.28. The Kier molecular flexibility index (Phi) is 4.97. The van der Waals surface area contributed by atoms with Gasteiger partial charge in [-0.2, -0.15) is 5.10 Å². The van der Waals surface area contributed by atoms with Gasteiger partial charge in [-0.1, -0.05) is 0 Å². The number of nitrogens with zero attached hydrogens (tertiary/aromatic N) is 4. The van der Waals surface area contributed by atoms with E-state index in [1.807, 2.05) is 38.7 Å². The van der Waals surface area contributed by atoms with Gasteiger partial charge >= 0.3 is 0 Å². The van der Waals surface area contributed by atoms with E-state index in [2.05, 4.69) is 27.7 Å². The number of aryl methyl sites for hydroxylation is 1. The Morgan fingerprint density at radius 2 is 1.54 bits per heavy atom. The van der Waals surface area contributed by atoms with Gasteiger partial charge in [0.15, 0.2) is 0 Å². The number of carbonyl (C=O) groups is 2. The second kappa shape index (κ2) is 7.38.